The highest BCUT2D eigenvalue weighted by Gasteiger charge is 2.67. The van der Waals surface area contributed by atoms with Crippen molar-refractivity contribution < 1.29 is 39.6 Å². The largest absolute Gasteiger partial charge is 0.511 e. The number of fused-ring (bicyclic) bond motifs is 3. The van der Waals surface area contributed by atoms with Gasteiger partial charge in [-0.3, -0.25) is 14.4 Å². The normalized spacial score (nSPS) is 30.1. The second-order valence-electron chi connectivity index (χ2n) is 12.0. The second kappa shape index (κ2) is 8.02. The minimum absolute atomic E-state index is 0.0336. The Morgan fingerprint density at radius 3 is 2.24 bits per heavy atom. The molecular weight excluding hydrogens is 478 g/mol. The SMILES string of the molecule is CC(=O)C1=C(O)C[C@]2(C)C[C@]3(C)Cc4c(/C(C)=N/OC(C)(C)C)ccc(O)c4C(=O)C3=C(O)[C@]2(O)C1=O. The number of benzene rings is 1. The zero-order valence-corrected chi connectivity index (χ0v) is 22.1. The lowest BCUT2D eigenvalue weighted by molar-refractivity contribution is -0.158. The maximum atomic E-state index is 13.9. The minimum Gasteiger partial charge on any atom is -0.511 e. The first kappa shape index (κ1) is 26.6. The summed E-state index contributed by atoms with van der Waals surface area (Å²) in [5.41, 5.74) is -4.89. The number of phenolic OH excluding ortho intramolecular Hbond substituents is 1. The van der Waals surface area contributed by atoms with Crippen LogP contribution in [0.15, 0.2) is 40.0 Å². The number of hydrogen-bond donors (Lipinski definition) is 4. The van der Waals surface area contributed by atoms with Crippen LogP contribution in [0.5, 0.6) is 5.75 Å². The summed E-state index contributed by atoms with van der Waals surface area (Å²) in [6.45, 7) is 11.6. The third-order valence-corrected chi connectivity index (χ3v) is 7.75. The fourth-order valence-corrected chi connectivity index (χ4v) is 6.25. The van der Waals surface area contributed by atoms with Crippen LogP contribution in [0.3, 0.4) is 0 Å². The molecule has 0 unspecified atom stereocenters. The van der Waals surface area contributed by atoms with Gasteiger partial charge in [-0.05, 0) is 65.2 Å². The number of rotatable bonds is 3. The summed E-state index contributed by atoms with van der Waals surface area (Å²) in [7, 11) is 0. The monoisotopic (exact) mass is 511 g/mol. The van der Waals surface area contributed by atoms with Crippen molar-refractivity contribution in [3.05, 3.63) is 51.5 Å². The Hall–Kier alpha value is -3.46. The van der Waals surface area contributed by atoms with Crippen LogP contribution in [0, 0.1) is 10.8 Å². The van der Waals surface area contributed by atoms with Crippen LogP contribution >= 0.6 is 0 Å². The second-order valence-corrected chi connectivity index (χ2v) is 12.0. The van der Waals surface area contributed by atoms with Crippen molar-refractivity contribution in [2.24, 2.45) is 16.0 Å². The smallest absolute Gasteiger partial charge is 0.209 e. The maximum Gasteiger partial charge on any atom is 0.209 e. The van der Waals surface area contributed by atoms with Gasteiger partial charge in [0.05, 0.1) is 11.3 Å². The molecule has 0 radical (unpaired) electrons. The van der Waals surface area contributed by atoms with E-state index in [-0.39, 0.29) is 36.1 Å². The zero-order valence-electron chi connectivity index (χ0n) is 22.1. The number of Topliss-reactive ketones (excluding diaryl/α,β-unsaturated/α-hetero) is 3. The summed E-state index contributed by atoms with van der Waals surface area (Å²) < 4.78 is 0. The molecule has 9 heteroatoms. The molecule has 198 valence electrons. The molecule has 0 aliphatic heterocycles. The molecule has 4 rings (SSSR count). The molecule has 1 aromatic carbocycles. The van der Waals surface area contributed by atoms with Crippen LogP contribution in [-0.2, 0) is 20.8 Å². The van der Waals surface area contributed by atoms with Crippen LogP contribution < -0.4 is 0 Å². The van der Waals surface area contributed by atoms with Gasteiger partial charge in [0.15, 0.2) is 17.2 Å². The Morgan fingerprint density at radius 2 is 1.68 bits per heavy atom. The van der Waals surface area contributed by atoms with Crippen molar-refractivity contribution in [3.8, 4) is 5.75 Å². The highest BCUT2D eigenvalue weighted by atomic mass is 16.6. The molecule has 0 spiro atoms. The van der Waals surface area contributed by atoms with Crippen LogP contribution in [0.4, 0.5) is 0 Å². The molecule has 0 fully saturated rings. The van der Waals surface area contributed by atoms with E-state index in [1.807, 2.05) is 20.8 Å². The molecule has 9 nitrogen and oxygen atoms in total. The number of nitrogens with zero attached hydrogens (tertiary/aromatic N) is 1. The van der Waals surface area contributed by atoms with Gasteiger partial charge >= 0.3 is 0 Å². The van der Waals surface area contributed by atoms with Crippen molar-refractivity contribution in [1.82, 2.24) is 0 Å². The maximum absolute atomic E-state index is 13.9. The predicted molar refractivity (Wildman–Crippen MR) is 135 cm³/mol. The first-order chi connectivity index (χ1) is 16.9. The molecule has 37 heavy (non-hydrogen) atoms. The summed E-state index contributed by atoms with van der Waals surface area (Å²) in [4.78, 5) is 44.9. The van der Waals surface area contributed by atoms with Crippen molar-refractivity contribution in [1.29, 1.82) is 0 Å². The Balaban J connectivity index is 1.95. The third kappa shape index (κ3) is 3.70. The van der Waals surface area contributed by atoms with E-state index in [4.69, 9.17) is 4.84 Å². The standard InChI is InChI=1S/C28H33NO8/c1-13(29-37-25(3,4)5)15-8-9-17(31)20-16(15)10-26(6)12-27(7)11-18(32)19(14(2)30)23(34)28(27,36)24(35)21(26)22(20)33/h8-9,31-32,35-36H,10-12H2,1-7H3/b29-13+/t26-,27+,28+/m0/s1. The van der Waals surface area contributed by atoms with E-state index in [0.29, 0.717) is 16.8 Å². The van der Waals surface area contributed by atoms with Crippen molar-refractivity contribution >= 4 is 23.1 Å². The summed E-state index contributed by atoms with van der Waals surface area (Å²) in [5.74, 6) is -4.23. The molecule has 0 bridgehead atoms. The average molecular weight is 512 g/mol. The van der Waals surface area contributed by atoms with Crippen molar-refractivity contribution in [2.45, 2.75) is 78.9 Å². The fourth-order valence-electron chi connectivity index (χ4n) is 6.25. The number of hydrogen-bond acceptors (Lipinski definition) is 9. The molecular formula is C28H33NO8. The van der Waals surface area contributed by atoms with Gasteiger partial charge in [-0.1, -0.05) is 19.0 Å². The molecule has 0 amide bonds. The number of oxime groups is 1. The summed E-state index contributed by atoms with van der Waals surface area (Å²) in [6.07, 6.45) is -0.0414. The van der Waals surface area contributed by atoms with Gasteiger partial charge in [0, 0.05) is 28.4 Å². The van der Waals surface area contributed by atoms with Gasteiger partial charge in [0.2, 0.25) is 5.78 Å². The number of carbonyl (C=O) groups is 3. The fraction of sp³-hybridized carbons (Fsp3) is 0.500. The molecule has 4 N–H and O–H groups in total. The quantitative estimate of drug-likeness (QED) is 0.270. The molecule has 0 saturated carbocycles. The number of carbonyl (C=O) groups excluding carboxylic acids is 3. The highest BCUT2D eigenvalue weighted by molar-refractivity contribution is 6.25. The Bertz CT molecular complexity index is 1360. The van der Waals surface area contributed by atoms with Gasteiger partial charge < -0.3 is 25.3 Å². The van der Waals surface area contributed by atoms with Crippen molar-refractivity contribution in [3.63, 3.8) is 0 Å². The number of ketones is 3. The number of aromatic hydroxyl groups is 1. The summed E-state index contributed by atoms with van der Waals surface area (Å²) in [6, 6.07) is 2.99. The van der Waals surface area contributed by atoms with E-state index in [9.17, 15) is 34.8 Å². The average Bonchev–Trinajstić information content (AvgIpc) is 2.73. The van der Waals surface area contributed by atoms with Gasteiger partial charge in [-0.2, -0.15) is 0 Å². The molecule has 3 atom stereocenters. The Kier molecular flexibility index (Phi) is 5.76. The third-order valence-electron chi connectivity index (χ3n) is 7.75. The van der Waals surface area contributed by atoms with Crippen molar-refractivity contribution in [2.75, 3.05) is 0 Å². The summed E-state index contributed by atoms with van der Waals surface area (Å²) >= 11 is 0. The number of aliphatic hydroxyl groups is 3. The molecule has 3 aliphatic rings. The van der Waals surface area contributed by atoms with Crippen LogP contribution in [-0.4, -0.2) is 54.7 Å². The molecule has 0 heterocycles. The first-order valence-electron chi connectivity index (χ1n) is 12.1. The number of allylic oxidation sites excluding steroid dienone is 2. The van der Waals surface area contributed by atoms with E-state index in [0.717, 1.165) is 6.92 Å². The van der Waals surface area contributed by atoms with E-state index in [2.05, 4.69) is 5.16 Å². The highest BCUT2D eigenvalue weighted by Crippen LogP contribution is 2.62. The van der Waals surface area contributed by atoms with E-state index >= 15 is 0 Å². The molecule has 0 aromatic heterocycles. The van der Waals surface area contributed by atoms with E-state index < -0.39 is 56.5 Å². The predicted octanol–water partition coefficient (Wildman–Crippen LogP) is 4.00. The minimum atomic E-state index is -2.59. The lowest BCUT2D eigenvalue weighted by Gasteiger charge is -2.56. The van der Waals surface area contributed by atoms with Gasteiger partial charge in [-0.15, -0.1) is 0 Å². The number of phenols is 1. The lowest BCUT2D eigenvalue weighted by atomic mass is 9.48. The van der Waals surface area contributed by atoms with Crippen LogP contribution in [0.1, 0.15) is 82.8 Å². The van der Waals surface area contributed by atoms with Gasteiger partial charge in [0.25, 0.3) is 0 Å². The van der Waals surface area contributed by atoms with Crippen LogP contribution in [0.2, 0.25) is 0 Å². The Labute approximate surface area is 215 Å². The Morgan fingerprint density at radius 1 is 1.05 bits per heavy atom. The van der Waals surface area contributed by atoms with Gasteiger partial charge in [0.1, 0.15) is 28.4 Å². The topological polar surface area (TPSA) is 154 Å². The zero-order chi connectivity index (χ0) is 27.9. The number of aliphatic hydroxyl groups excluding tert-OH is 2. The van der Waals surface area contributed by atoms with Gasteiger partial charge in [-0.25, -0.2) is 0 Å². The van der Waals surface area contributed by atoms with Crippen LogP contribution in [0.25, 0.3) is 0 Å². The first-order valence-corrected chi connectivity index (χ1v) is 12.1. The van der Waals surface area contributed by atoms with E-state index in [1.54, 1.807) is 26.8 Å². The van der Waals surface area contributed by atoms with E-state index in [1.165, 1.54) is 6.07 Å². The summed E-state index contributed by atoms with van der Waals surface area (Å²) in [5, 5.41) is 48.6. The molecule has 3 aliphatic carbocycles. The lowest BCUT2D eigenvalue weighted by Crippen LogP contribution is -2.63. The molecule has 1 aromatic rings. The molecule has 0 saturated heterocycles.